The van der Waals surface area contributed by atoms with Crippen LogP contribution in [-0.2, 0) is 19.3 Å². The first-order chi connectivity index (χ1) is 8.33. The summed E-state index contributed by atoms with van der Waals surface area (Å²) in [7, 11) is 0. The lowest BCUT2D eigenvalue weighted by atomic mass is 10.1. The summed E-state index contributed by atoms with van der Waals surface area (Å²) in [6.07, 6.45) is 6.46. The smallest absolute Gasteiger partial charge is 0.0446 e. The van der Waals surface area contributed by atoms with E-state index in [4.69, 9.17) is 5.73 Å². The van der Waals surface area contributed by atoms with E-state index >= 15 is 0 Å². The molecule has 0 radical (unpaired) electrons. The van der Waals surface area contributed by atoms with Crippen molar-refractivity contribution in [3.8, 4) is 0 Å². The molecule has 1 atom stereocenters. The summed E-state index contributed by atoms with van der Waals surface area (Å²) in [4.78, 5) is 7.20. The summed E-state index contributed by atoms with van der Waals surface area (Å²) in [5.74, 6) is 0. The van der Waals surface area contributed by atoms with Crippen LogP contribution in [0.1, 0.15) is 33.5 Å². The van der Waals surface area contributed by atoms with Crippen LogP contribution in [0.2, 0.25) is 0 Å². The number of fused-ring (bicyclic) bond motifs is 1. The molecule has 2 heterocycles. The van der Waals surface area contributed by atoms with Crippen molar-refractivity contribution in [1.29, 1.82) is 0 Å². The number of hydrogen-bond acceptors (Lipinski definition) is 3. The van der Waals surface area contributed by atoms with Crippen LogP contribution in [0.5, 0.6) is 0 Å². The van der Waals surface area contributed by atoms with Gasteiger partial charge in [-0.15, -0.1) is 11.3 Å². The van der Waals surface area contributed by atoms with Crippen molar-refractivity contribution < 1.29 is 0 Å². The van der Waals surface area contributed by atoms with Gasteiger partial charge in [0.1, 0.15) is 0 Å². The molecule has 0 aliphatic heterocycles. The van der Waals surface area contributed by atoms with Gasteiger partial charge in [-0.25, -0.2) is 0 Å². The maximum Gasteiger partial charge on any atom is 0.0446 e. The fraction of sp³-hybridized carbons (Fsp3) is 0.357. The highest BCUT2D eigenvalue weighted by Gasteiger charge is 2.18. The Morgan fingerprint density at radius 3 is 3.06 bits per heavy atom. The van der Waals surface area contributed by atoms with Crippen LogP contribution in [0, 0.1) is 0 Å². The van der Waals surface area contributed by atoms with E-state index in [1.54, 1.807) is 4.88 Å². The topological polar surface area (TPSA) is 38.9 Å². The van der Waals surface area contributed by atoms with Crippen LogP contribution >= 0.6 is 11.3 Å². The lowest BCUT2D eigenvalue weighted by Crippen LogP contribution is -2.12. The van der Waals surface area contributed by atoms with Crippen molar-refractivity contribution in [2.24, 2.45) is 5.73 Å². The summed E-state index contributed by atoms with van der Waals surface area (Å²) >= 11 is 1.90. The molecule has 0 bridgehead atoms. The zero-order chi connectivity index (χ0) is 11.7. The first-order valence-electron chi connectivity index (χ1n) is 6.10. The van der Waals surface area contributed by atoms with Crippen molar-refractivity contribution in [2.45, 2.75) is 31.7 Å². The van der Waals surface area contributed by atoms with Gasteiger partial charge in [-0.05, 0) is 43.0 Å². The minimum absolute atomic E-state index is 0.0977. The van der Waals surface area contributed by atoms with Crippen molar-refractivity contribution in [2.75, 3.05) is 0 Å². The van der Waals surface area contributed by atoms with E-state index in [9.17, 15) is 0 Å². The molecule has 0 saturated heterocycles. The van der Waals surface area contributed by atoms with Crippen LogP contribution in [0.15, 0.2) is 30.5 Å². The second-order valence-corrected chi connectivity index (χ2v) is 5.75. The molecule has 1 unspecified atom stereocenters. The average Bonchev–Trinajstić information content (AvgIpc) is 2.90. The molecule has 0 aromatic carbocycles. The van der Waals surface area contributed by atoms with Crippen LogP contribution in [0.25, 0.3) is 0 Å². The molecule has 2 aromatic rings. The van der Waals surface area contributed by atoms with Crippen molar-refractivity contribution >= 4 is 11.3 Å². The third-order valence-corrected chi connectivity index (χ3v) is 4.66. The third kappa shape index (κ3) is 2.26. The molecule has 2 nitrogen and oxygen atoms in total. The minimum atomic E-state index is 0.0977. The van der Waals surface area contributed by atoms with E-state index in [0.29, 0.717) is 0 Å². The monoisotopic (exact) mass is 244 g/mol. The number of hydrogen-bond donors (Lipinski definition) is 1. The van der Waals surface area contributed by atoms with E-state index in [-0.39, 0.29) is 6.04 Å². The predicted octanol–water partition coefficient (Wildman–Crippen LogP) is 2.87. The predicted molar refractivity (Wildman–Crippen MR) is 71.2 cm³/mol. The van der Waals surface area contributed by atoms with Gasteiger partial charge in [0.2, 0.25) is 0 Å². The lowest BCUT2D eigenvalue weighted by molar-refractivity contribution is 0.719. The molecule has 0 spiro atoms. The van der Waals surface area contributed by atoms with Gasteiger partial charge >= 0.3 is 0 Å². The number of thiophene rings is 1. The molecule has 0 saturated carbocycles. The Bertz CT molecular complexity index is 483. The van der Waals surface area contributed by atoms with Gasteiger partial charge in [0, 0.05) is 34.1 Å². The quantitative estimate of drug-likeness (QED) is 0.901. The largest absolute Gasteiger partial charge is 0.323 e. The first kappa shape index (κ1) is 10.9. The summed E-state index contributed by atoms with van der Waals surface area (Å²) in [6, 6.07) is 8.40. The molecule has 2 aromatic heterocycles. The van der Waals surface area contributed by atoms with Crippen molar-refractivity contribution in [3.63, 3.8) is 0 Å². The Hall–Kier alpha value is -1.19. The molecule has 2 N–H and O–H groups in total. The standard InChI is InChI=1S/C14H16N2S/c15-12(9-11-5-1-2-7-16-11)14-8-10-4-3-6-13(10)17-14/h1-2,5,7-8,12H,3-4,6,9,15H2. The molecule has 0 amide bonds. The van der Waals surface area contributed by atoms with E-state index in [0.717, 1.165) is 12.1 Å². The summed E-state index contributed by atoms with van der Waals surface area (Å²) in [5.41, 5.74) is 8.86. The van der Waals surface area contributed by atoms with Gasteiger partial charge in [0.15, 0.2) is 0 Å². The second kappa shape index (κ2) is 4.59. The zero-order valence-electron chi connectivity index (χ0n) is 9.73. The molecular formula is C14H16N2S. The Kier molecular flexibility index (Phi) is 2.95. The summed E-state index contributed by atoms with van der Waals surface area (Å²) in [6.45, 7) is 0. The van der Waals surface area contributed by atoms with Gasteiger partial charge in [-0.1, -0.05) is 6.07 Å². The van der Waals surface area contributed by atoms with E-state index < -0.39 is 0 Å². The molecule has 3 rings (SSSR count). The van der Waals surface area contributed by atoms with Gasteiger partial charge in [0.05, 0.1) is 0 Å². The van der Waals surface area contributed by atoms with Crippen molar-refractivity contribution in [1.82, 2.24) is 4.98 Å². The van der Waals surface area contributed by atoms with Crippen LogP contribution in [-0.4, -0.2) is 4.98 Å². The lowest BCUT2D eigenvalue weighted by Gasteiger charge is -2.08. The second-order valence-electron chi connectivity index (χ2n) is 4.58. The average molecular weight is 244 g/mol. The SMILES string of the molecule is NC(Cc1ccccn1)c1cc2c(s1)CCC2. The Labute approximate surface area is 106 Å². The van der Waals surface area contributed by atoms with Gasteiger partial charge in [-0.3, -0.25) is 4.98 Å². The van der Waals surface area contributed by atoms with E-state index in [2.05, 4.69) is 11.1 Å². The van der Waals surface area contributed by atoms with Crippen LogP contribution in [0.4, 0.5) is 0 Å². The zero-order valence-corrected chi connectivity index (χ0v) is 10.5. The highest BCUT2D eigenvalue weighted by molar-refractivity contribution is 7.12. The van der Waals surface area contributed by atoms with Crippen LogP contribution < -0.4 is 5.73 Å². The van der Waals surface area contributed by atoms with Crippen molar-refractivity contribution in [3.05, 3.63) is 51.5 Å². The molecule has 1 aliphatic rings. The summed E-state index contributed by atoms with van der Waals surface area (Å²) < 4.78 is 0. The Balaban J connectivity index is 1.75. The van der Waals surface area contributed by atoms with Gasteiger partial charge in [0.25, 0.3) is 0 Å². The fourth-order valence-corrected chi connectivity index (χ4v) is 3.64. The third-order valence-electron chi connectivity index (χ3n) is 3.29. The van der Waals surface area contributed by atoms with Gasteiger partial charge in [-0.2, -0.15) is 0 Å². The maximum absolute atomic E-state index is 6.26. The molecular weight excluding hydrogens is 228 g/mol. The summed E-state index contributed by atoms with van der Waals surface area (Å²) in [5, 5.41) is 0. The highest BCUT2D eigenvalue weighted by atomic mass is 32.1. The molecule has 1 aliphatic carbocycles. The molecule has 3 heteroatoms. The van der Waals surface area contributed by atoms with Crippen LogP contribution in [0.3, 0.4) is 0 Å². The molecule has 88 valence electrons. The fourth-order valence-electron chi connectivity index (χ4n) is 2.38. The number of rotatable bonds is 3. The number of nitrogens with two attached hydrogens (primary N) is 1. The van der Waals surface area contributed by atoms with Gasteiger partial charge < -0.3 is 5.73 Å². The minimum Gasteiger partial charge on any atom is -0.323 e. The normalized spacial score (nSPS) is 15.8. The Morgan fingerprint density at radius 1 is 1.35 bits per heavy atom. The number of aryl methyl sites for hydroxylation is 2. The number of nitrogens with zero attached hydrogens (tertiary/aromatic N) is 1. The Morgan fingerprint density at radius 2 is 2.29 bits per heavy atom. The number of pyridine rings is 1. The van der Waals surface area contributed by atoms with E-state index in [1.165, 1.54) is 29.7 Å². The number of aromatic nitrogens is 1. The maximum atomic E-state index is 6.26. The highest BCUT2D eigenvalue weighted by Crippen LogP contribution is 2.33. The molecule has 17 heavy (non-hydrogen) atoms. The first-order valence-corrected chi connectivity index (χ1v) is 6.91. The van der Waals surface area contributed by atoms with E-state index in [1.807, 2.05) is 35.7 Å². The molecule has 0 fully saturated rings.